The maximum absolute atomic E-state index is 9.12. The minimum Gasteiger partial charge on any atom is -0.496 e. The highest BCUT2D eigenvalue weighted by atomic mass is 16.5. The monoisotopic (exact) mass is 320 g/mol. The van der Waals surface area contributed by atoms with Crippen LogP contribution < -0.4 is 10.2 Å². The number of nitrogens with one attached hydrogen (secondary N) is 1. The van der Waals surface area contributed by atoms with Gasteiger partial charge in [0.2, 0.25) is 0 Å². The first-order valence-corrected chi connectivity index (χ1v) is 7.92. The standard InChI is InChI=1S/C19H20N4O/c1-24-18-11-6-5-10-17(18)19(12-7-13-20)21-15-22-23(19)14-16-8-3-2-4-9-16/h2-6,8-11,15H,7,12,14H2,1H3,(H,21,22). The molecule has 5 heteroatoms. The van der Waals surface area contributed by atoms with E-state index in [1.165, 1.54) is 5.56 Å². The third kappa shape index (κ3) is 2.97. The molecule has 24 heavy (non-hydrogen) atoms. The Hall–Kier alpha value is -2.84. The van der Waals surface area contributed by atoms with Crippen molar-refractivity contribution in [2.45, 2.75) is 25.0 Å². The summed E-state index contributed by atoms with van der Waals surface area (Å²) in [6, 6.07) is 20.3. The second-order valence-corrected chi connectivity index (χ2v) is 5.63. The van der Waals surface area contributed by atoms with Crippen LogP contribution in [-0.4, -0.2) is 18.5 Å². The fourth-order valence-electron chi connectivity index (χ4n) is 3.08. The van der Waals surface area contributed by atoms with E-state index in [2.05, 4.69) is 28.6 Å². The molecule has 3 rings (SSSR count). The van der Waals surface area contributed by atoms with E-state index in [0.717, 1.165) is 11.3 Å². The quantitative estimate of drug-likeness (QED) is 0.888. The molecule has 1 unspecified atom stereocenters. The molecule has 0 radical (unpaired) electrons. The average molecular weight is 320 g/mol. The second kappa shape index (κ2) is 7.16. The van der Waals surface area contributed by atoms with Crippen molar-refractivity contribution in [3.63, 3.8) is 0 Å². The van der Waals surface area contributed by atoms with E-state index in [1.54, 1.807) is 13.4 Å². The topological polar surface area (TPSA) is 60.6 Å². The summed E-state index contributed by atoms with van der Waals surface area (Å²) in [7, 11) is 1.66. The molecule has 2 aromatic carbocycles. The van der Waals surface area contributed by atoms with Gasteiger partial charge in [0.05, 0.1) is 19.5 Å². The molecule has 0 aliphatic carbocycles. The van der Waals surface area contributed by atoms with Crippen molar-refractivity contribution in [3.8, 4) is 11.8 Å². The van der Waals surface area contributed by atoms with Gasteiger partial charge in [-0.15, -0.1) is 0 Å². The van der Waals surface area contributed by atoms with Gasteiger partial charge in [0.25, 0.3) is 0 Å². The van der Waals surface area contributed by atoms with E-state index < -0.39 is 5.66 Å². The fourth-order valence-corrected chi connectivity index (χ4v) is 3.08. The Bertz CT molecular complexity index is 753. The Morgan fingerprint density at radius 2 is 1.92 bits per heavy atom. The van der Waals surface area contributed by atoms with Gasteiger partial charge in [0.1, 0.15) is 5.75 Å². The zero-order chi connectivity index (χ0) is 16.8. The number of methoxy groups -OCH3 is 1. The molecule has 1 N–H and O–H groups in total. The van der Waals surface area contributed by atoms with Gasteiger partial charge in [0, 0.05) is 24.9 Å². The van der Waals surface area contributed by atoms with E-state index in [1.807, 2.05) is 42.5 Å². The molecule has 0 saturated heterocycles. The van der Waals surface area contributed by atoms with Crippen LogP contribution in [0.3, 0.4) is 0 Å². The molecular formula is C19H20N4O. The summed E-state index contributed by atoms with van der Waals surface area (Å²) in [6.45, 7) is 0.671. The molecular weight excluding hydrogens is 300 g/mol. The van der Waals surface area contributed by atoms with Crippen molar-refractivity contribution in [2.24, 2.45) is 4.99 Å². The van der Waals surface area contributed by atoms with Crippen LogP contribution in [-0.2, 0) is 12.2 Å². The molecule has 0 saturated carbocycles. The molecule has 1 heterocycles. The Labute approximate surface area is 142 Å². The molecule has 0 aromatic heterocycles. The lowest BCUT2D eigenvalue weighted by molar-refractivity contribution is 0.0669. The third-order valence-electron chi connectivity index (χ3n) is 4.25. The van der Waals surface area contributed by atoms with Gasteiger partial charge >= 0.3 is 0 Å². The molecule has 0 fully saturated rings. The summed E-state index contributed by atoms with van der Waals surface area (Å²) in [5.41, 5.74) is 4.71. The van der Waals surface area contributed by atoms with E-state index in [-0.39, 0.29) is 0 Å². The Morgan fingerprint density at radius 1 is 1.17 bits per heavy atom. The van der Waals surface area contributed by atoms with Crippen LogP contribution in [0.5, 0.6) is 5.75 Å². The number of hydrogen-bond donors (Lipinski definition) is 1. The first kappa shape index (κ1) is 16.0. The molecule has 5 nitrogen and oxygen atoms in total. The summed E-state index contributed by atoms with van der Waals surface area (Å²) in [5, 5.41) is 11.2. The summed E-state index contributed by atoms with van der Waals surface area (Å²) >= 11 is 0. The number of rotatable bonds is 6. The summed E-state index contributed by atoms with van der Waals surface area (Å²) in [4.78, 5) is 4.72. The van der Waals surface area contributed by atoms with Crippen molar-refractivity contribution in [2.75, 3.05) is 7.11 Å². The highest BCUT2D eigenvalue weighted by Crippen LogP contribution is 2.41. The number of ether oxygens (including phenoxy) is 1. The van der Waals surface area contributed by atoms with Crippen LogP contribution in [0.2, 0.25) is 0 Å². The maximum atomic E-state index is 9.12. The number of hydrogen-bond acceptors (Lipinski definition) is 5. The smallest absolute Gasteiger partial charge is 0.161 e. The third-order valence-corrected chi connectivity index (χ3v) is 4.25. The lowest BCUT2D eigenvalue weighted by atomic mass is 9.93. The number of hydrazine groups is 1. The number of para-hydroxylation sites is 1. The van der Waals surface area contributed by atoms with Gasteiger partial charge in [-0.1, -0.05) is 48.5 Å². The average Bonchev–Trinajstić information content (AvgIpc) is 3.04. The Balaban J connectivity index is 2.00. The van der Waals surface area contributed by atoms with Crippen LogP contribution in [0.4, 0.5) is 0 Å². The molecule has 2 aromatic rings. The predicted molar refractivity (Wildman–Crippen MR) is 93.1 cm³/mol. The van der Waals surface area contributed by atoms with Crippen LogP contribution >= 0.6 is 0 Å². The van der Waals surface area contributed by atoms with E-state index in [4.69, 9.17) is 15.0 Å². The fraction of sp³-hybridized carbons (Fsp3) is 0.263. The first-order valence-electron chi connectivity index (χ1n) is 7.92. The number of benzene rings is 2. The Kier molecular flexibility index (Phi) is 4.78. The first-order chi connectivity index (χ1) is 11.8. The van der Waals surface area contributed by atoms with Crippen molar-refractivity contribution < 1.29 is 4.74 Å². The van der Waals surface area contributed by atoms with Crippen LogP contribution in [0.15, 0.2) is 59.6 Å². The second-order valence-electron chi connectivity index (χ2n) is 5.63. The SMILES string of the molecule is COc1ccccc1C1(CCC#N)N=CNN1Cc1ccccc1. The molecule has 122 valence electrons. The van der Waals surface area contributed by atoms with Gasteiger partial charge in [0.15, 0.2) is 5.66 Å². The van der Waals surface area contributed by atoms with E-state index in [0.29, 0.717) is 19.4 Å². The lowest BCUT2D eigenvalue weighted by Crippen LogP contribution is -2.46. The van der Waals surface area contributed by atoms with Crippen LogP contribution in [0.1, 0.15) is 24.0 Å². The molecule has 0 bridgehead atoms. The van der Waals surface area contributed by atoms with Crippen molar-refractivity contribution in [3.05, 3.63) is 65.7 Å². The van der Waals surface area contributed by atoms with Crippen molar-refractivity contribution >= 4 is 6.34 Å². The summed E-state index contributed by atoms with van der Waals surface area (Å²) < 4.78 is 5.55. The minimum atomic E-state index is -0.655. The van der Waals surface area contributed by atoms with Crippen LogP contribution in [0, 0.1) is 11.3 Å². The molecule has 0 amide bonds. The Morgan fingerprint density at radius 3 is 2.67 bits per heavy atom. The number of nitriles is 1. The van der Waals surface area contributed by atoms with Crippen LogP contribution in [0.25, 0.3) is 0 Å². The normalized spacial score (nSPS) is 19.7. The van der Waals surface area contributed by atoms with Gasteiger partial charge in [-0.05, 0) is 11.6 Å². The van der Waals surface area contributed by atoms with Crippen molar-refractivity contribution in [1.82, 2.24) is 10.4 Å². The van der Waals surface area contributed by atoms with Gasteiger partial charge < -0.3 is 10.2 Å². The van der Waals surface area contributed by atoms with Gasteiger partial charge in [-0.2, -0.15) is 10.3 Å². The zero-order valence-corrected chi connectivity index (χ0v) is 13.6. The van der Waals surface area contributed by atoms with E-state index in [9.17, 15) is 0 Å². The molecule has 1 aliphatic rings. The number of nitrogens with zero attached hydrogens (tertiary/aromatic N) is 3. The van der Waals surface area contributed by atoms with Crippen molar-refractivity contribution in [1.29, 1.82) is 5.26 Å². The van der Waals surface area contributed by atoms with Gasteiger partial charge in [-0.25, -0.2) is 4.99 Å². The predicted octanol–water partition coefficient (Wildman–Crippen LogP) is 3.20. The molecule has 0 spiro atoms. The zero-order valence-electron chi connectivity index (χ0n) is 13.6. The largest absolute Gasteiger partial charge is 0.496 e. The highest BCUT2D eigenvalue weighted by molar-refractivity contribution is 5.59. The number of aliphatic imine (C=N–C) groups is 1. The van der Waals surface area contributed by atoms with Gasteiger partial charge in [-0.3, -0.25) is 0 Å². The lowest BCUT2D eigenvalue weighted by Gasteiger charge is -2.36. The minimum absolute atomic E-state index is 0.405. The molecule has 1 atom stereocenters. The maximum Gasteiger partial charge on any atom is 0.161 e. The highest BCUT2D eigenvalue weighted by Gasteiger charge is 2.42. The summed E-state index contributed by atoms with van der Waals surface area (Å²) in [5.74, 6) is 0.773. The molecule has 1 aliphatic heterocycles. The van der Waals surface area contributed by atoms with E-state index >= 15 is 0 Å². The summed E-state index contributed by atoms with van der Waals surface area (Å²) in [6.07, 6.45) is 2.69.